The molecule has 2 saturated heterocycles. The molecule has 0 aromatic heterocycles. The fraction of sp³-hybridized carbons (Fsp3) is 0.462. The third-order valence-electron chi connectivity index (χ3n) is 6.73. The summed E-state index contributed by atoms with van der Waals surface area (Å²) in [6.45, 7) is 6.01. The van der Waals surface area contributed by atoms with Crippen molar-refractivity contribution in [2.75, 3.05) is 36.5 Å². The SMILES string of the molecule is Cc1cc(N2CCCC2)ccc1NC(=O)COC(=O)c1ccc(S(=O)(=O)N2CCCCC2C)cc1. The predicted octanol–water partition coefficient (Wildman–Crippen LogP) is 3.95. The molecule has 1 unspecified atom stereocenters. The first kappa shape index (κ1) is 25.2. The zero-order valence-corrected chi connectivity index (χ0v) is 21.1. The molecule has 2 aliphatic heterocycles. The van der Waals surface area contributed by atoms with E-state index in [0.717, 1.165) is 43.6 Å². The Labute approximate surface area is 207 Å². The number of sulfonamides is 1. The fourth-order valence-electron chi connectivity index (χ4n) is 4.69. The van der Waals surface area contributed by atoms with E-state index < -0.39 is 28.5 Å². The Hall–Kier alpha value is -2.91. The molecule has 1 N–H and O–H groups in total. The van der Waals surface area contributed by atoms with Gasteiger partial charge in [-0.2, -0.15) is 4.31 Å². The minimum atomic E-state index is -3.61. The highest BCUT2D eigenvalue weighted by Crippen LogP contribution is 2.26. The van der Waals surface area contributed by atoms with Gasteiger partial charge in [-0.3, -0.25) is 4.79 Å². The van der Waals surface area contributed by atoms with Crippen LogP contribution in [0.5, 0.6) is 0 Å². The van der Waals surface area contributed by atoms with E-state index in [9.17, 15) is 18.0 Å². The van der Waals surface area contributed by atoms with E-state index in [0.29, 0.717) is 12.2 Å². The quantitative estimate of drug-likeness (QED) is 0.580. The number of carbonyl (C=O) groups is 2. The molecule has 2 aromatic rings. The Morgan fingerprint density at radius 2 is 1.69 bits per heavy atom. The summed E-state index contributed by atoms with van der Waals surface area (Å²) in [6, 6.07) is 11.5. The van der Waals surface area contributed by atoms with Gasteiger partial charge in [0, 0.05) is 37.1 Å². The summed E-state index contributed by atoms with van der Waals surface area (Å²) < 4.78 is 32.6. The standard InChI is InChI=1S/C26H33N3O5S/c1-19-17-22(28-14-5-6-15-28)10-13-24(19)27-25(30)18-34-26(31)21-8-11-23(12-9-21)35(32,33)29-16-4-3-7-20(29)2/h8-13,17,20H,3-7,14-16,18H2,1-2H3,(H,27,30). The van der Waals surface area contributed by atoms with Gasteiger partial charge in [-0.15, -0.1) is 0 Å². The van der Waals surface area contributed by atoms with E-state index in [1.807, 2.05) is 32.0 Å². The van der Waals surface area contributed by atoms with Crippen LogP contribution in [0.25, 0.3) is 0 Å². The largest absolute Gasteiger partial charge is 0.452 e. The highest BCUT2D eigenvalue weighted by atomic mass is 32.2. The second kappa shape index (κ2) is 10.8. The number of anilines is 2. The topological polar surface area (TPSA) is 96.0 Å². The molecule has 35 heavy (non-hydrogen) atoms. The molecule has 9 heteroatoms. The number of hydrogen-bond acceptors (Lipinski definition) is 6. The van der Waals surface area contributed by atoms with Crippen LogP contribution in [0.15, 0.2) is 47.4 Å². The van der Waals surface area contributed by atoms with Crippen LogP contribution in [0.4, 0.5) is 11.4 Å². The summed E-state index contributed by atoms with van der Waals surface area (Å²) in [5, 5.41) is 2.78. The summed E-state index contributed by atoms with van der Waals surface area (Å²) in [7, 11) is -3.61. The van der Waals surface area contributed by atoms with Gasteiger partial charge in [-0.1, -0.05) is 6.42 Å². The molecule has 0 saturated carbocycles. The number of esters is 1. The van der Waals surface area contributed by atoms with Crippen molar-refractivity contribution in [2.24, 2.45) is 0 Å². The van der Waals surface area contributed by atoms with Crippen LogP contribution >= 0.6 is 0 Å². The minimum Gasteiger partial charge on any atom is -0.452 e. The number of benzene rings is 2. The van der Waals surface area contributed by atoms with Crippen molar-refractivity contribution in [2.45, 2.75) is 56.9 Å². The summed E-state index contributed by atoms with van der Waals surface area (Å²) in [5.41, 5.74) is 2.95. The van der Waals surface area contributed by atoms with Crippen molar-refractivity contribution < 1.29 is 22.7 Å². The summed E-state index contributed by atoms with van der Waals surface area (Å²) >= 11 is 0. The van der Waals surface area contributed by atoms with Gasteiger partial charge in [-0.25, -0.2) is 13.2 Å². The molecule has 0 radical (unpaired) electrons. The van der Waals surface area contributed by atoms with Crippen LogP contribution in [0.2, 0.25) is 0 Å². The first-order chi connectivity index (χ1) is 16.8. The Kier molecular flexibility index (Phi) is 7.76. The Morgan fingerprint density at radius 3 is 2.34 bits per heavy atom. The first-order valence-electron chi connectivity index (χ1n) is 12.2. The van der Waals surface area contributed by atoms with Crippen molar-refractivity contribution in [3.05, 3.63) is 53.6 Å². The number of carbonyl (C=O) groups excluding carboxylic acids is 2. The van der Waals surface area contributed by atoms with Crippen molar-refractivity contribution in [1.82, 2.24) is 4.31 Å². The molecular weight excluding hydrogens is 466 g/mol. The van der Waals surface area contributed by atoms with Gasteiger partial charge >= 0.3 is 5.97 Å². The van der Waals surface area contributed by atoms with E-state index >= 15 is 0 Å². The molecule has 8 nitrogen and oxygen atoms in total. The van der Waals surface area contributed by atoms with Crippen molar-refractivity contribution >= 4 is 33.3 Å². The summed E-state index contributed by atoms with van der Waals surface area (Å²) in [4.78, 5) is 27.2. The maximum Gasteiger partial charge on any atom is 0.338 e. The number of nitrogens with zero attached hydrogens (tertiary/aromatic N) is 2. The highest BCUT2D eigenvalue weighted by Gasteiger charge is 2.31. The third kappa shape index (κ3) is 5.85. The minimum absolute atomic E-state index is 0.0445. The van der Waals surface area contributed by atoms with E-state index in [1.54, 1.807) is 0 Å². The van der Waals surface area contributed by atoms with Gasteiger partial charge in [-0.05, 0) is 87.6 Å². The van der Waals surface area contributed by atoms with E-state index in [-0.39, 0.29) is 16.5 Å². The predicted molar refractivity (Wildman–Crippen MR) is 135 cm³/mol. The number of ether oxygens (including phenoxy) is 1. The Bertz CT molecular complexity index is 1170. The highest BCUT2D eigenvalue weighted by molar-refractivity contribution is 7.89. The van der Waals surface area contributed by atoms with Crippen molar-refractivity contribution in [3.63, 3.8) is 0 Å². The number of amides is 1. The van der Waals surface area contributed by atoms with Gasteiger partial charge in [0.25, 0.3) is 5.91 Å². The monoisotopic (exact) mass is 499 g/mol. The van der Waals surface area contributed by atoms with Gasteiger partial charge < -0.3 is 15.0 Å². The molecule has 2 aromatic carbocycles. The molecule has 2 heterocycles. The van der Waals surface area contributed by atoms with Gasteiger partial charge in [0.1, 0.15) is 0 Å². The molecule has 188 valence electrons. The Balaban J connectivity index is 1.31. The molecule has 1 amide bonds. The maximum atomic E-state index is 12.9. The van der Waals surface area contributed by atoms with E-state index in [2.05, 4.69) is 10.2 Å². The van der Waals surface area contributed by atoms with Crippen molar-refractivity contribution in [3.8, 4) is 0 Å². The van der Waals surface area contributed by atoms with Crippen LogP contribution in [0.3, 0.4) is 0 Å². The fourth-order valence-corrected chi connectivity index (χ4v) is 6.39. The average Bonchev–Trinajstić information content (AvgIpc) is 3.39. The lowest BCUT2D eigenvalue weighted by atomic mass is 10.1. The molecule has 2 aliphatic rings. The third-order valence-corrected chi connectivity index (χ3v) is 8.76. The van der Waals surface area contributed by atoms with Gasteiger partial charge in [0.15, 0.2) is 6.61 Å². The van der Waals surface area contributed by atoms with Gasteiger partial charge in [0.2, 0.25) is 10.0 Å². The normalized spacial score (nSPS) is 18.9. The number of piperidine rings is 1. The molecule has 2 fully saturated rings. The summed E-state index contributed by atoms with van der Waals surface area (Å²) in [5.74, 6) is -1.12. The number of rotatable bonds is 7. The van der Waals surface area contributed by atoms with Gasteiger partial charge in [0.05, 0.1) is 10.5 Å². The molecule has 0 bridgehead atoms. The van der Waals surface area contributed by atoms with Crippen LogP contribution in [0.1, 0.15) is 54.9 Å². The van der Waals surface area contributed by atoms with Crippen molar-refractivity contribution in [1.29, 1.82) is 0 Å². The van der Waals surface area contributed by atoms with Crippen LogP contribution in [0, 0.1) is 6.92 Å². The first-order valence-corrected chi connectivity index (χ1v) is 13.6. The lowest BCUT2D eigenvalue weighted by Crippen LogP contribution is -2.41. The lowest BCUT2D eigenvalue weighted by Gasteiger charge is -2.32. The van der Waals surface area contributed by atoms with E-state index in [1.165, 1.54) is 41.4 Å². The van der Waals surface area contributed by atoms with Crippen LogP contribution < -0.4 is 10.2 Å². The van der Waals surface area contributed by atoms with E-state index in [4.69, 9.17) is 4.74 Å². The Morgan fingerprint density at radius 1 is 1.00 bits per heavy atom. The second-order valence-electron chi connectivity index (χ2n) is 9.30. The molecule has 0 aliphatic carbocycles. The number of aryl methyl sites for hydroxylation is 1. The molecule has 1 atom stereocenters. The molecular formula is C26H33N3O5S. The second-order valence-corrected chi connectivity index (χ2v) is 11.2. The summed E-state index contributed by atoms with van der Waals surface area (Å²) in [6.07, 6.45) is 5.10. The zero-order chi connectivity index (χ0) is 25.0. The average molecular weight is 500 g/mol. The molecule has 0 spiro atoms. The van der Waals surface area contributed by atoms with Crippen LogP contribution in [-0.2, 0) is 19.6 Å². The number of nitrogens with one attached hydrogen (secondary N) is 1. The zero-order valence-electron chi connectivity index (χ0n) is 20.3. The smallest absolute Gasteiger partial charge is 0.338 e. The molecule has 4 rings (SSSR count). The number of hydrogen-bond donors (Lipinski definition) is 1. The van der Waals surface area contributed by atoms with Crippen LogP contribution in [-0.4, -0.2) is 56.9 Å². The lowest BCUT2D eigenvalue weighted by molar-refractivity contribution is -0.119. The maximum absolute atomic E-state index is 12.9.